The highest BCUT2D eigenvalue weighted by Crippen LogP contribution is 2.49. The molecule has 0 radical (unpaired) electrons. The number of benzene rings is 8. The maximum Gasteiger partial charge on any atom is 0.136 e. The lowest BCUT2D eigenvalue weighted by Gasteiger charge is -2.21. The fourth-order valence-corrected chi connectivity index (χ4v) is 10.0. The first-order valence-electron chi connectivity index (χ1n) is 15.9. The van der Waals surface area contributed by atoms with Crippen molar-refractivity contribution in [1.29, 1.82) is 0 Å². The van der Waals surface area contributed by atoms with Gasteiger partial charge in [0.05, 0.1) is 0 Å². The molecule has 0 spiro atoms. The quantitative estimate of drug-likeness (QED) is 0.188. The minimum Gasteiger partial charge on any atom is -0.456 e. The van der Waals surface area contributed by atoms with Gasteiger partial charge in [-0.25, -0.2) is 0 Å². The minimum absolute atomic E-state index is 0.929. The molecule has 2 aromatic heterocycles. The molecule has 0 N–H and O–H groups in total. The normalized spacial score (nSPS) is 12.6. The van der Waals surface area contributed by atoms with Gasteiger partial charge in [0.1, 0.15) is 11.2 Å². The number of furan rings is 1. The van der Waals surface area contributed by atoms with E-state index in [-0.39, 0.29) is 0 Å². The second-order valence-electron chi connectivity index (χ2n) is 12.4. The van der Waals surface area contributed by atoms with Gasteiger partial charge >= 0.3 is 0 Å². The Morgan fingerprint density at radius 3 is 2.00 bits per heavy atom. The second kappa shape index (κ2) is 9.59. The van der Waals surface area contributed by atoms with Crippen molar-refractivity contribution in [2.45, 2.75) is 9.79 Å². The van der Waals surface area contributed by atoms with Crippen molar-refractivity contribution in [3.8, 4) is 33.4 Å². The smallest absolute Gasteiger partial charge is 0.136 e. The molecule has 8 aromatic carbocycles. The Labute approximate surface area is 278 Å². The first kappa shape index (κ1) is 25.8. The summed E-state index contributed by atoms with van der Waals surface area (Å²) in [5.41, 5.74) is 9.45. The Bertz CT molecular complexity index is 2940. The molecule has 1 nitrogen and oxygen atoms in total. The maximum atomic E-state index is 6.38. The lowest BCUT2D eigenvalue weighted by atomic mass is 9.94. The zero-order chi connectivity index (χ0) is 30.6. The molecule has 218 valence electrons. The van der Waals surface area contributed by atoms with Crippen LogP contribution in [-0.2, 0) is 0 Å². The summed E-state index contributed by atoms with van der Waals surface area (Å²) in [5.74, 6) is 0. The first-order valence-corrected chi connectivity index (χ1v) is 17.5. The molecular weight excluding hydrogens is 609 g/mol. The molecule has 0 aliphatic carbocycles. The Balaban J connectivity index is 1.05. The van der Waals surface area contributed by atoms with Gasteiger partial charge in [0, 0.05) is 46.1 Å². The topological polar surface area (TPSA) is 13.1 Å². The summed E-state index contributed by atoms with van der Waals surface area (Å²) >= 11 is 3.76. The third-order valence-corrected chi connectivity index (χ3v) is 12.1. The highest BCUT2D eigenvalue weighted by Gasteiger charge is 2.20. The van der Waals surface area contributed by atoms with Crippen molar-refractivity contribution in [2.75, 3.05) is 0 Å². The fraction of sp³-hybridized carbons (Fsp3) is 0. The fourth-order valence-electron chi connectivity index (χ4n) is 7.70. The highest BCUT2D eigenvalue weighted by atomic mass is 32.2. The molecule has 0 fully saturated rings. The number of thiophene rings is 1. The summed E-state index contributed by atoms with van der Waals surface area (Å²) in [6.07, 6.45) is 0. The molecule has 0 saturated heterocycles. The van der Waals surface area contributed by atoms with E-state index < -0.39 is 0 Å². The van der Waals surface area contributed by atoms with E-state index in [1.165, 1.54) is 95.7 Å². The van der Waals surface area contributed by atoms with Crippen LogP contribution in [0, 0.1) is 0 Å². The molecule has 3 heteroatoms. The van der Waals surface area contributed by atoms with Gasteiger partial charge in [-0.15, -0.1) is 11.3 Å². The van der Waals surface area contributed by atoms with Crippen molar-refractivity contribution in [2.24, 2.45) is 0 Å². The van der Waals surface area contributed by atoms with Crippen LogP contribution >= 0.6 is 23.1 Å². The van der Waals surface area contributed by atoms with Crippen molar-refractivity contribution in [3.05, 3.63) is 146 Å². The summed E-state index contributed by atoms with van der Waals surface area (Å²) in [4.78, 5) is 2.67. The molecule has 1 aliphatic heterocycles. The van der Waals surface area contributed by atoms with Gasteiger partial charge in [-0.1, -0.05) is 115 Å². The molecule has 0 atom stereocenters. The summed E-state index contributed by atoms with van der Waals surface area (Å²) < 4.78 is 9.00. The molecule has 11 rings (SSSR count). The molecule has 10 aromatic rings. The van der Waals surface area contributed by atoms with Gasteiger partial charge in [0.2, 0.25) is 0 Å². The zero-order valence-electron chi connectivity index (χ0n) is 25.1. The van der Waals surface area contributed by atoms with Crippen LogP contribution in [0.5, 0.6) is 0 Å². The highest BCUT2D eigenvalue weighted by molar-refractivity contribution is 7.99. The summed E-state index contributed by atoms with van der Waals surface area (Å²) in [7, 11) is 0. The van der Waals surface area contributed by atoms with Gasteiger partial charge in [0.25, 0.3) is 0 Å². The van der Waals surface area contributed by atoms with E-state index in [1.54, 1.807) is 0 Å². The summed E-state index contributed by atoms with van der Waals surface area (Å²) in [6, 6.07) is 53.5. The molecule has 47 heavy (non-hydrogen) atoms. The predicted octanol–water partition coefficient (Wildman–Crippen LogP) is 13.7. The van der Waals surface area contributed by atoms with E-state index in [9.17, 15) is 0 Å². The van der Waals surface area contributed by atoms with Gasteiger partial charge in [-0.2, -0.15) is 0 Å². The van der Waals surface area contributed by atoms with Crippen LogP contribution < -0.4 is 0 Å². The number of hydrogen-bond acceptors (Lipinski definition) is 3. The van der Waals surface area contributed by atoms with Crippen LogP contribution in [0.15, 0.2) is 160 Å². The molecule has 3 heterocycles. The summed E-state index contributed by atoms with van der Waals surface area (Å²) in [6.45, 7) is 0. The van der Waals surface area contributed by atoms with E-state index in [4.69, 9.17) is 4.42 Å². The standard InChI is InChI=1S/C44H24OS2/c1-2-9-30-25(6-1)16-20-37-43(30)44-31(10-5-12-36(44)45-37)29-15-19-33-32-18-14-28(23-40(32)47-41(33)24-29)27-17-21-38-35(22-27)34-11-3-7-26-8-4-13-39(46-38)42(26)34/h1-24H. The predicted molar refractivity (Wildman–Crippen MR) is 202 cm³/mol. The van der Waals surface area contributed by atoms with E-state index in [2.05, 4.69) is 146 Å². The van der Waals surface area contributed by atoms with Gasteiger partial charge < -0.3 is 4.42 Å². The average Bonchev–Trinajstić information content (AvgIpc) is 3.69. The Morgan fingerprint density at radius 1 is 0.383 bits per heavy atom. The number of fused-ring (bicyclic) bond motifs is 10. The van der Waals surface area contributed by atoms with E-state index in [0.29, 0.717) is 0 Å². The van der Waals surface area contributed by atoms with Gasteiger partial charge in [-0.3, -0.25) is 0 Å². The van der Waals surface area contributed by atoms with Crippen molar-refractivity contribution >= 4 is 86.8 Å². The molecule has 0 saturated carbocycles. The van der Waals surface area contributed by atoms with Crippen molar-refractivity contribution in [3.63, 3.8) is 0 Å². The molecular formula is C44H24OS2. The Morgan fingerprint density at radius 2 is 1.09 bits per heavy atom. The van der Waals surface area contributed by atoms with Crippen LogP contribution in [0.1, 0.15) is 0 Å². The van der Waals surface area contributed by atoms with Gasteiger partial charge in [-0.05, 0) is 92.0 Å². The molecule has 0 bridgehead atoms. The third-order valence-electron chi connectivity index (χ3n) is 9.86. The van der Waals surface area contributed by atoms with Crippen LogP contribution in [-0.4, -0.2) is 0 Å². The van der Waals surface area contributed by atoms with Crippen LogP contribution in [0.4, 0.5) is 0 Å². The molecule has 0 amide bonds. The Hall–Kier alpha value is -5.35. The molecule has 1 aliphatic rings. The lowest BCUT2D eigenvalue weighted by Crippen LogP contribution is -1.93. The van der Waals surface area contributed by atoms with Crippen LogP contribution in [0.3, 0.4) is 0 Å². The van der Waals surface area contributed by atoms with Crippen LogP contribution in [0.25, 0.3) is 97.0 Å². The van der Waals surface area contributed by atoms with E-state index >= 15 is 0 Å². The monoisotopic (exact) mass is 632 g/mol. The zero-order valence-corrected chi connectivity index (χ0v) is 26.7. The van der Waals surface area contributed by atoms with Crippen molar-refractivity contribution in [1.82, 2.24) is 0 Å². The van der Waals surface area contributed by atoms with Crippen molar-refractivity contribution < 1.29 is 4.42 Å². The molecule has 0 unspecified atom stereocenters. The maximum absolute atomic E-state index is 6.38. The first-order chi connectivity index (χ1) is 23.3. The SMILES string of the molecule is c1cc2c3c(cccc3c1)-c1cc(-c3ccc4c(c3)sc3cc(-c5cccc6oc7ccc8ccccc8c7c56)ccc34)ccc1S2. The Kier molecular flexibility index (Phi) is 5.26. The third kappa shape index (κ3) is 3.73. The van der Waals surface area contributed by atoms with E-state index in [1.807, 2.05) is 23.1 Å². The second-order valence-corrected chi connectivity index (χ2v) is 14.6. The van der Waals surface area contributed by atoms with Crippen LogP contribution in [0.2, 0.25) is 0 Å². The minimum atomic E-state index is 0.929. The largest absolute Gasteiger partial charge is 0.456 e. The average molecular weight is 633 g/mol. The number of rotatable bonds is 2. The van der Waals surface area contributed by atoms with Gasteiger partial charge in [0.15, 0.2) is 0 Å². The van der Waals surface area contributed by atoms with E-state index in [0.717, 1.165) is 11.2 Å². The number of hydrogen-bond donors (Lipinski definition) is 0. The summed E-state index contributed by atoms with van der Waals surface area (Å²) in [5, 5.41) is 10.1. The lowest BCUT2D eigenvalue weighted by molar-refractivity contribution is 0.669.